The van der Waals surface area contributed by atoms with Crippen LogP contribution < -0.4 is 4.57 Å². The van der Waals surface area contributed by atoms with Crippen molar-refractivity contribution in [2.24, 2.45) is 7.05 Å². The van der Waals surface area contributed by atoms with Crippen LogP contribution in [0.3, 0.4) is 0 Å². The Morgan fingerprint density at radius 1 is 1.03 bits per heavy atom. The molecule has 3 nitrogen and oxygen atoms in total. The van der Waals surface area contributed by atoms with E-state index in [2.05, 4.69) is 11.1 Å². The fraction of sp³-hybridized carbons (Fsp3) is 0.214. The lowest BCUT2D eigenvalue weighted by atomic mass is 9.96. The van der Waals surface area contributed by atoms with Crippen molar-refractivity contribution in [2.75, 3.05) is 0 Å². The van der Waals surface area contributed by atoms with Crippen LogP contribution in [0.1, 0.15) is 42.0 Å². The number of nitrogens with zero attached hydrogens (tertiary/aromatic N) is 2. The summed E-state index contributed by atoms with van der Waals surface area (Å²) < 4.78 is 54.2. The van der Waals surface area contributed by atoms with Crippen LogP contribution >= 0.6 is 0 Å². The third kappa shape index (κ3) is 3.27. The maximum absolute atomic E-state index is 14.6. The first-order valence-electron chi connectivity index (χ1n) is 12.5. The van der Waals surface area contributed by atoms with E-state index in [-0.39, 0.29) is 5.56 Å². The molecule has 0 bridgehead atoms. The number of benzene rings is 2. The zero-order valence-corrected chi connectivity index (χ0v) is 18.5. The Balaban J connectivity index is 1.64. The van der Waals surface area contributed by atoms with Crippen LogP contribution in [0.4, 0.5) is 4.39 Å². The second-order valence-electron chi connectivity index (χ2n) is 8.28. The van der Waals surface area contributed by atoms with Gasteiger partial charge in [-0.05, 0) is 66.8 Å². The molecule has 0 fully saturated rings. The van der Waals surface area contributed by atoms with E-state index in [4.69, 9.17) is 9.90 Å². The lowest BCUT2D eigenvalue weighted by Gasteiger charge is -2.10. The lowest BCUT2D eigenvalue weighted by molar-refractivity contribution is -0.659. The summed E-state index contributed by atoms with van der Waals surface area (Å²) in [6, 6.07) is 16.3. The first-order chi connectivity index (χ1) is 16.9. The summed E-state index contributed by atoms with van der Waals surface area (Å²) in [5.74, 6) is -2.78. The summed E-state index contributed by atoms with van der Waals surface area (Å²) in [7, 11) is 1.92. The third-order valence-electron chi connectivity index (χ3n) is 5.95. The maximum Gasteiger partial charge on any atom is 0.227 e. The quantitative estimate of drug-likeness (QED) is 0.289. The Kier molecular flexibility index (Phi) is 3.81. The SMILES string of the molecule is [2H]C([2H])([2H])C([2H])(C)c1cc(-c2ccc(-c3c(C)ccc4c3oc3nc(C)ccc34)[n+](C)c2)ccc1F. The Bertz CT molecular complexity index is 1650. The number of pyridine rings is 2. The molecule has 0 radical (unpaired) electrons. The molecule has 1 atom stereocenters. The average Bonchev–Trinajstić information content (AvgIpc) is 3.16. The average molecular weight is 430 g/mol. The van der Waals surface area contributed by atoms with Crippen molar-refractivity contribution >= 4 is 22.1 Å². The zero-order chi connectivity index (χ0) is 26.0. The molecule has 0 N–H and O–H groups in total. The van der Waals surface area contributed by atoms with E-state index in [9.17, 15) is 4.39 Å². The van der Waals surface area contributed by atoms with Gasteiger partial charge in [-0.15, -0.1) is 0 Å². The predicted octanol–water partition coefficient (Wildman–Crippen LogP) is 7.02. The number of furan rings is 1. The Hall–Kier alpha value is -3.53. The molecule has 3 heterocycles. The minimum Gasteiger partial charge on any atom is -0.437 e. The monoisotopic (exact) mass is 429 g/mol. The number of aryl methyl sites for hydroxylation is 3. The van der Waals surface area contributed by atoms with Gasteiger partial charge in [-0.1, -0.05) is 32.0 Å². The summed E-state index contributed by atoms with van der Waals surface area (Å²) in [5, 5.41) is 1.95. The molecule has 4 heteroatoms. The Labute approximate surface area is 192 Å². The molecular formula is C28H26FN2O+. The van der Waals surface area contributed by atoms with E-state index in [1.807, 2.05) is 62.0 Å². The summed E-state index contributed by atoms with van der Waals surface area (Å²) >= 11 is 0. The van der Waals surface area contributed by atoms with Crippen molar-refractivity contribution in [2.45, 2.75) is 33.5 Å². The molecule has 5 aromatic rings. The summed E-state index contributed by atoms with van der Waals surface area (Å²) in [4.78, 5) is 4.55. The van der Waals surface area contributed by atoms with Gasteiger partial charge < -0.3 is 4.42 Å². The molecule has 160 valence electrons. The van der Waals surface area contributed by atoms with Crippen molar-refractivity contribution in [3.05, 3.63) is 83.4 Å². The van der Waals surface area contributed by atoms with Gasteiger partial charge in [0.25, 0.3) is 0 Å². The molecule has 0 aliphatic carbocycles. The van der Waals surface area contributed by atoms with E-state index in [0.29, 0.717) is 11.3 Å². The van der Waals surface area contributed by atoms with Crippen molar-refractivity contribution in [1.29, 1.82) is 0 Å². The van der Waals surface area contributed by atoms with Gasteiger partial charge in [0, 0.05) is 33.6 Å². The molecule has 0 spiro atoms. The summed E-state index contributed by atoms with van der Waals surface area (Å²) in [5.41, 5.74) is 6.43. The van der Waals surface area contributed by atoms with Crippen LogP contribution in [0.2, 0.25) is 0 Å². The number of aromatic nitrogens is 2. The van der Waals surface area contributed by atoms with Gasteiger partial charge >= 0.3 is 0 Å². The fourth-order valence-electron chi connectivity index (χ4n) is 4.26. The molecular weight excluding hydrogens is 399 g/mol. The topological polar surface area (TPSA) is 29.9 Å². The second-order valence-corrected chi connectivity index (χ2v) is 8.28. The number of fused-ring (bicyclic) bond motifs is 3. The van der Waals surface area contributed by atoms with Gasteiger partial charge in [-0.25, -0.2) is 13.9 Å². The van der Waals surface area contributed by atoms with Crippen LogP contribution in [-0.2, 0) is 7.05 Å². The van der Waals surface area contributed by atoms with E-state index < -0.39 is 18.6 Å². The highest BCUT2D eigenvalue weighted by atomic mass is 19.1. The molecule has 0 amide bonds. The van der Waals surface area contributed by atoms with Crippen molar-refractivity contribution < 1.29 is 18.9 Å². The van der Waals surface area contributed by atoms with Gasteiger partial charge in [0.1, 0.15) is 12.9 Å². The smallest absolute Gasteiger partial charge is 0.227 e. The summed E-state index contributed by atoms with van der Waals surface area (Å²) in [6.45, 7) is 2.51. The van der Waals surface area contributed by atoms with Crippen molar-refractivity contribution in [3.63, 3.8) is 0 Å². The highest BCUT2D eigenvalue weighted by molar-refractivity contribution is 6.08. The van der Waals surface area contributed by atoms with E-state index in [0.717, 1.165) is 44.4 Å². The number of halogens is 1. The molecule has 5 rings (SSSR count). The van der Waals surface area contributed by atoms with Crippen molar-refractivity contribution in [1.82, 2.24) is 4.98 Å². The molecule has 0 saturated heterocycles. The van der Waals surface area contributed by atoms with Gasteiger partial charge in [-0.2, -0.15) is 0 Å². The molecule has 32 heavy (non-hydrogen) atoms. The molecule has 0 saturated carbocycles. The molecule has 0 aliphatic heterocycles. The normalized spacial score (nSPS) is 15.8. The molecule has 2 aromatic carbocycles. The standard InChI is InChI=1S/C28H26FN2O/c1-16(2)23-14-19(8-12-24(23)29)20-9-13-25(31(5)15-20)26-17(3)6-10-21-22-11-7-18(4)30-28(22)32-27(21)26/h6-16H,1-5H3/q+1/i1D3,16D. The lowest BCUT2D eigenvalue weighted by Crippen LogP contribution is -2.31. The Morgan fingerprint density at radius 3 is 2.59 bits per heavy atom. The maximum atomic E-state index is 14.6. The zero-order valence-electron chi connectivity index (χ0n) is 22.5. The van der Waals surface area contributed by atoms with Crippen LogP contribution in [0, 0.1) is 19.7 Å². The van der Waals surface area contributed by atoms with E-state index in [1.54, 1.807) is 6.07 Å². The third-order valence-corrected chi connectivity index (χ3v) is 5.95. The van der Waals surface area contributed by atoms with Crippen LogP contribution in [0.25, 0.3) is 44.5 Å². The highest BCUT2D eigenvalue weighted by Crippen LogP contribution is 2.36. The van der Waals surface area contributed by atoms with E-state index >= 15 is 0 Å². The fourth-order valence-corrected chi connectivity index (χ4v) is 4.26. The first-order valence-corrected chi connectivity index (χ1v) is 10.5. The highest BCUT2D eigenvalue weighted by Gasteiger charge is 2.21. The molecule has 1 unspecified atom stereocenters. The minimum absolute atomic E-state index is 0.155. The minimum atomic E-state index is -2.67. The van der Waals surface area contributed by atoms with Crippen LogP contribution in [-0.4, -0.2) is 4.98 Å². The largest absolute Gasteiger partial charge is 0.437 e. The van der Waals surface area contributed by atoms with Gasteiger partial charge in [0.2, 0.25) is 11.4 Å². The molecule has 3 aromatic heterocycles. The summed E-state index contributed by atoms with van der Waals surface area (Å²) in [6.07, 6.45) is 1.91. The first kappa shape index (κ1) is 16.2. The van der Waals surface area contributed by atoms with Gasteiger partial charge in [0.05, 0.1) is 5.56 Å². The Morgan fingerprint density at radius 2 is 1.81 bits per heavy atom. The van der Waals surface area contributed by atoms with Gasteiger partial charge in [-0.3, -0.25) is 0 Å². The number of hydrogen-bond donors (Lipinski definition) is 0. The number of rotatable bonds is 3. The van der Waals surface area contributed by atoms with Crippen LogP contribution in [0.5, 0.6) is 0 Å². The number of hydrogen-bond acceptors (Lipinski definition) is 2. The molecule has 0 aliphatic rings. The second kappa shape index (κ2) is 7.56. The predicted molar refractivity (Wildman–Crippen MR) is 127 cm³/mol. The van der Waals surface area contributed by atoms with Crippen molar-refractivity contribution in [3.8, 4) is 22.4 Å². The van der Waals surface area contributed by atoms with Gasteiger partial charge in [0.15, 0.2) is 11.8 Å². The van der Waals surface area contributed by atoms with Crippen LogP contribution in [0.15, 0.2) is 65.2 Å². The van der Waals surface area contributed by atoms with E-state index in [1.165, 1.54) is 19.1 Å².